The van der Waals surface area contributed by atoms with E-state index in [1.54, 1.807) is 4.90 Å². The van der Waals surface area contributed by atoms with Crippen molar-refractivity contribution in [3.8, 4) is 0 Å². The number of halogens is 1. The highest BCUT2D eigenvalue weighted by Crippen LogP contribution is 2.23. The van der Waals surface area contributed by atoms with Crippen LogP contribution in [0.25, 0.3) is 0 Å². The molecule has 0 radical (unpaired) electrons. The summed E-state index contributed by atoms with van der Waals surface area (Å²) in [5.41, 5.74) is 5.38. The van der Waals surface area contributed by atoms with Gasteiger partial charge in [0, 0.05) is 30.8 Å². The standard InChI is InChI=1S/C13H16FN3O3/c1-8(15)9-2-3-16(7-9)13(18)10-4-11(14)6-12(5-10)17(19)20/h4-6,8-9H,2-3,7,15H2,1H3. The predicted octanol–water partition coefficient (Wildman–Crippen LogP) is 1.54. The van der Waals surface area contributed by atoms with Crippen molar-refractivity contribution in [2.75, 3.05) is 13.1 Å². The van der Waals surface area contributed by atoms with Crippen LogP contribution in [0.5, 0.6) is 0 Å². The van der Waals surface area contributed by atoms with E-state index in [9.17, 15) is 19.3 Å². The van der Waals surface area contributed by atoms with Crippen molar-refractivity contribution in [1.82, 2.24) is 4.90 Å². The molecule has 2 rings (SSSR count). The molecule has 1 heterocycles. The molecule has 2 N–H and O–H groups in total. The zero-order valence-electron chi connectivity index (χ0n) is 11.1. The first kappa shape index (κ1) is 14.4. The monoisotopic (exact) mass is 281 g/mol. The molecule has 1 amide bonds. The Kier molecular flexibility index (Phi) is 3.99. The Morgan fingerprint density at radius 3 is 2.80 bits per heavy atom. The highest BCUT2D eigenvalue weighted by atomic mass is 19.1. The summed E-state index contributed by atoms with van der Waals surface area (Å²) in [6.07, 6.45) is 0.792. The van der Waals surface area contributed by atoms with Gasteiger partial charge in [0.05, 0.1) is 11.0 Å². The number of hydrogen-bond acceptors (Lipinski definition) is 4. The number of likely N-dealkylation sites (tertiary alicyclic amines) is 1. The highest BCUT2D eigenvalue weighted by Gasteiger charge is 2.29. The lowest BCUT2D eigenvalue weighted by Gasteiger charge is -2.18. The summed E-state index contributed by atoms with van der Waals surface area (Å²) >= 11 is 0. The second-order valence-electron chi connectivity index (χ2n) is 5.11. The molecule has 1 aliphatic rings. The van der Waals surface area contributed by atoms with Crippen LogP contribution in [0.4, 0.5) is 10.1 Å². The molecule has 1 saturated heterocycles. The molecule has 1 aliphatic heterocycles. The molecule has 0 aromatic heterocycles. The van der Waals surface area contributed by atoms with E-state index in [0.29, 0.717) is 13.1 Å². The second kappa shape index (κ2) is 5.54. The van der Waals surface area contributed by atoms with Crippen molar-refractivity contribution < 1.29 is 14.1 Å². The number of amides is 1. The van der Waals surface area contributed by atoms with Gasteiger partial charge in [-0.05, 0) is 25.3 Å². The first-order chi connectivity index (χ1) is 9.38. The normalized spacial score (nSPS) is 19.9. The minimum absolute atomic E-state index is 0.00187. The molecule has 0 bridgehead atoms. The van der Waals surface area contributed by atoms with Crippen LogP contribution in [-0.4, -0.2) is 34.9 Å². The predicted molar refractivity (Wildman–Crippen MR) is 70.7 cm³/mol. The number of benzene rings is 1. The van der Waals surface area contributed by atoms with E-state index in [1.807, 2.05) is 6.92 Å². The minimum atomic E-state index is -0.787. The largest absolute Gasteiger partial charge is 0.338 e. The Balaban J connectivity index is 2.20. The quantitative estimate of drug-likeness (QED) is 0.672. The van der Waals surface area contributed by atoms with Gasteiger partial charge in [0.15, 0.2) is 0 Å². The van der Waals surface area contributed by atoms with Crippen LogP contribution in [0.15, 0.2) is 18.2 Å². The summed E-state index contributed by atoms with van der Waals surface area (Å²) in [7, 11) is 0. The van der Waals surface area contributed by atoms with Crippen molar-refractivity contribution in [3.05, 3.63) is 39.7 Å². The van der Waals surface area contributed by atoms with Crippen LogP contribution in [0.2, 0.25) is 0 Å². The number of rotatable bonds is 3. The first-order valence-electron chi connectivity index (χ1n) is 6.38. The van der Waals surface area contributed by atoms with Gasteiger partial charge in [-0.15, -0.1) is 0 Å². The summed E-state index contributed by atoms with van der Waals surface area (Å²) in [4.78, 5) is 23.8. The maximum absolute atomic E-state index is 13.3. The van der Waals surface area contributed by atoms with Gasteiger partial charge in [0.1, 0.15) is 5.82 Å². The molecule has 0 spiro atoms. The van der Waals surface area contributed by atoms with Crippen molar-refractivity contribution in [3.63, 3.8) is 0 Å². The van der Waals surface area contributed by atoms with Gasteiger partial charge in [0.25, 0.3) is 11.6 Å². The maximum atomic E-state index is 13.3. The van der Waals surface area contributed by atoms with E-state index in [-0.39, 0.29) is 17.5 Å². The van der Waals surface area contributed by atoms with E-state index >= 15 is 0 Å². The highest BCUT2D eigenvalue weighted by molar-refractivity contribution is 5.95. The van der Waals surface area contributed by atoms with Crippen molar-refractivity contribution in [1.29, 1.82) is 0 Å². The van der Waals surface area contributed by atoms with Gasteiger partial charge < -0.3 is 10.6 Å². The number of nitro groups is 1. The van der Waals surface area contributed by atoms with E-state index in [2.05, 4.69) is 0 Å². The molecular formula is C13H16FN3O3. The number of nitrogens with two attached hydrogens (primary N) is 1. The fraction of sp³-hybridized carbons (Fsp3) is 0.462. The molecule has 20 heavy (non-hydrogen) atoms. The van der Waals surface area contributed by atoms with Crippen LogP contribution >= 0.6 is 0 Å². The molecule has 1 fully saturated rings. The van der Waals surface area contributed by atoms with E-state index in [0.717, 1.165) is 24.6 Å². The average molecular weight is 281 g/mol. The molecule has 2 atom stereocenters. The van der Waals surface area contributed by atoms with E-state index < -0.39 is 22.3 Å². The molecule has 108 valence electrons. The summed E-state index contributed by atoms with van der Waals surface area (Å²) in [6.45, 7) is 2.92. The number of carbonyl (C=O) groups excluding carboxylic acids is 1. The third-order valence-electron chi connectivity index (χ3n) is 3.60. The third-order valence-corrected chi connectivity index (χ3v) is 3.60. The van der Waals surface area contributed by atoms with Gasteiger partial charge in [-0.25, -0.2) is 4.39 Å². The summed E-state index contributed by atoms with van der Waals surface area (Å²) < 4.78 is 13.3. The van der Waals surface area contributed by atoms with Gasteiger partial charge >= 0.3 is 0 Å². The Hall–Kier alpha value is -2.02. The summed E-state index contributed by atoms with van der Waals surface area (Å²) in [6, 6.07) is 2.90. The maximum Gasteiger partial charge on any atom is 0.273 e. The molecule has 7 heteroatoms. The fourth-order valence-electron chi connectivity index (χ4n) is 2.39. The number of non-ortho nitro benzene ring substituents is 1. The lowest BCUT2D eigenvalue weighted by Crippen LogP contribution is -2.33. The van der Waals surface area contributed by atoms with Crippen LogP contribution in [0.3, 0.4) is 0 Å². The Bertz CT molecular complexity index is 548. The topological polar surface area (TPSA) is 89.5 Å². The SMILES string of the molecule is CC(N)C1CCN(C(=O)c2cc(F)cc([N+](=O)[O-])c2)C1. The van der Waals surface area contributed by atoms with Gasteiger partial charge in [0.2, 0.25) is 0 Å². The van der Waals surface area contributed by atoms with Gasteiger partial charge in [-0.3, -0.25) is 14.9 Å². The Labute approximate surface area is 115 Å². The molecule has 0 saturated carbocycles. The van der Waals surface area contributed by atoms with Crippen molar-refractivity contribution >= 4 is 11.6 Å². The molecular weight excluding hydrogens is 265 g/mol. The first-order valence-corrected chi connectivity index (χ1v) is 6.38. The lowest BCUT2D eigenvalue weighted by atomic mass is 10.0. The molecule has 0 aliphatic carbocycles. The number of hydrogen-bond donors (Lipinski definition) is 1. The lowest BCUT2D eigenvalue weighted by molar-refractivity contribution is -0.385. The second-order valence-corrected chi connectivity index (χ2v) is 5.11. The molecule has 6 nitrogen and oxygen atoms in total. The Morgan fingerprint density at radius 2 is 2.25 bits per heavy atom. The third kappa shape index (κ3) is 2.93. The average Bonchev–Trinajstić information content (AvgIpc) is 2.86. The van der Waals surface area contributed by atoms with E-state index in [4.69, 9.17) is 5.73 Å². The van der Waals surface area contributed by atoms with Crippen LogP contribution in [0.1, 0.15) is 23.7 Å². The zero-order chi connectivity index (χ0) is 14.9. The minimum Gasteiger partial charge on any atom is -0.338 e. The molecule has 2 unspecified atom stereocenters. The van der Waals surface area contributed by atoms with Crippen LogP contribution in [0, 0.1) is 21.8 Å². The van der Waals surface area contributed by atoms with E-state index in [1.165, 1.54) is 0 Å². The van der Waals surface area contributed by atoms with Crippen LogP contribution in [-0.2, 0) is 0 Å². The van der Waals surface area contributed by atoms with Gasteiger partial charge in [-0.1, -0.05) is 0 Å². The number of carbonyl (C=O) groups is 1. The Morgan fingerprint density at radius 1 is 1.55 bits per heavy atom. The zero-order valence-corrected chi connectivity index (χ0v) is 11.1. The summed E-state index contributed by atoms with van der Waals surface area (Å²) in [5, 5.41) is 10.7. The molecule has 1 aromatic rings. The number of nitro benzene ring substituents is 1. The number of nitrogens with zero attached hydrogens (tertiary/aromatic N) is 2. The van der Waals surface area contributed by atoms with Gasteiger partial charge in [-0.2, -0.15) is 0 Å². The van der Waals surface area contributed by atoms with Crippen molar-refractivity contribution in [2.45, 2.75) is 19.4 Å². The smallest absolute Gasteiger partial charge is 0.273 e. The molecule has 1 aromatic carbocycles. The summed E-state index contributed by atoms with van der Waals surface area (Å²) in [5.74, 6) is -0.969. The van der Waals surface area contributed by atoms with Crippen LogP contribution < -0.4 is 5.73 Å². The van der Waals surface area contributed by atoms with Crippen molar-refractivity contribution in [2.24, 2.45) is 11.7 Å². The fourth-order valence-corrected chi connectivity index (χ4v) is 2.39.